The molecule has 0 aliphatic carbocycles. The molecule has 9 amide bonds. The predicted molar refractivity (Wildman–Crippen MR) is 323 cm³/mol. The maximum Gasteiger partial charge on any atom is 0.272 e. The molecule has 3 aliphatic rings. The number of nitrogens with zero attached hydrogens (tertiary/aromatic N) is 5. The van der Waals surface area contributed by atoms with Gasteiger partial charge in [0.15, 0.2) is 11.5 Å². The number of methoxy groups -OCH3 is 1. The summed E-state index contributed by atoms with van der Waals surface area (Å²) in [6.07, 6.45) is 10.8. The van der Waals surface area contributed by atoms with E-state index in [0.717, 1.165) is 30.4 Å². The number of carbonyl (C=O) groups excluding carboxylic acids is 9. The summed E-state index contributed by atoms with van der Waals surface area (Å²) < 4.78 is 14.9. The minimum absolute atomic E-state index is 0.0307. The highest BCUT2D eigenvalue weighted by Crippen LogP contribution is 2.38. The molecule has 5 heterocycles. The smallest absolute Gasteiger partial charge is 0.272 e. The van der Waals surface area contributed by atoms with Crippen molar-refractivity contribution >= 4 is 87.8 Å². The van der Waals surface area contributed by atoms with E-state index in [-0.39, 0.29) is 91.0 Å². The van der Waals surface area contributed by atoms with Gasteiger partial charge in [-0.3, -0.25) is 53.0 Å². The van der Waals surface area contributed by atoms with Crippen molar-refractivity contribution in [1.82, 2.24) is 29.6 Å². The molecule has 1 unspecified atom stereocenters. The van der Waals surface area contributed by atoms with Crippen LogP contribution in [0.5, 0.6) is 11.5 Å². The highest BCUT2D eigenvalue weighted by Gasteiger charge is 2.39. The van der Waals surface area contributed by atoms with Crippen LogP contribution in [0.2, 0.25) is 0 Å². The third kappa shape index (κ3) is 15.6. The zero-order valence-electron chi connectivity index (χ0n) is 49.5. The molecule has 0 saturated carbocycles. The predicted octanol–water partition coefficient (Wildman–Crippen LogP) is 8.23. The highest BCUT2D eigenvalue weighted by molar-refractivity contribution is 6.07. The number of ether oxygens (including phenoxy) is 2. The first-order chi connectivity index (χ1) is 40.7. The topological polar surface area (TPSA) is 273 Å². The summed E-state index contributed by atoms with van der Waals surface area (Å²) in [6, 6.07) is 18.5. The molecule has 8 rings (SSSR count). The van der Waals surface area contributed by atoms with Gasteiger partial charge in [-0.1, -0.05) is 46.2 Å². The Morgan fingerprint density at radius 2 is 1.31 bits per heavy atom. The van der Waals surface area contributed by atoms with E-state index in [4.69, 9.17) is 9.47 Å². The number of hydrogen-bond acceptors (Lipinski definition) is 12. The number of hydrogen-bond donors (Lipinski definition) is 6. The molecule has 0 radical (unpaired) electrons. The van der Waals surface area contributed by atoms with Gasteiger partial charge in [0.1, 0.15) is 23.5 Å². The minimum Gasteiger partial charge on any atom is -0.493 e. The minimum atomic E-state index is -0.951. The Kier molecular flexibility index (Phi) is 20.4. The summed E-state index contributed by atoms with van der Waals surface area (Å²) >= 11 is 0. The molecule has 22 nitrogen and oxygen atoms in total. The number of nitrogens with one attached hydrogen (secondary N) is 6. The summed E-state index contributed by atoms with van der Waals surface area (Å²) in [5, 5.41) is 16.9. The molecule has 4 atom stereocenters. The van der Waals surface area contributed by atoms with Gasteiger partial charge < -0.3 is 55.4 Å². The first-order valence-corrected chi connectivity index (χ1v) is 29.1. The van der Waals surface area contributed by atoms with Crippen LogP contribution in [0.4, 0.5) is 28.4 Å². The Morgan fingerprint density at radius 1 is 0.659 bits per heavy atom. The first-order valence-electron chi connectivity index (χ1n) is 29.1. The Bertz CT molecular complexity index is 3340. The molecule has 22 heteroatoms. The maximum absolute atomic E-state index is 13.5. The number of carbonyl (C=O) groups is 9. The van der Waals surface area contributed by atoms with Gasteiger partial charge in [0.05, 0.1) is 36.7 Å². The van der Waals surface area contributed by atoms with Crippen LogP contribution in [-0.4, -0.2) is 123 Å². The number of piperidine rings is 1. The molecule has 0 bridgehead atoms. The van der Waals surface area contributed by atoms with Crippen LogP contribution in [0.1, 0.15) is 130 Å². The van der Waals surface area contributed by atoms with E-state index in [9.17, 15) is 43.2 Å². The van der Waals surface area contributed by atoms with Crippen molar-refractivity contribution in [2.24, 2.45) is 36.8 Å². The van der Waals surface area contributed by atoms with Crippen molar-refractivity contribution in [2.75, 3.05) is 48.1 Å². The number of unbranched alkanes of at least 4 members (excludes halogenated alkanes) is 2. The molecule has 6 N–H and O–H groups in total. The normalized spacial score (nSPS) is 16.3. The van der Waals surface area contributed by atoms with Crippen molar-refractivity contribution in [3.8, 4) is 22.6 Å². The number of amides is 9. The van der Waals surface area contributed by atoms with E-state index >= 15 is 0 Å². The number of imide groups is 1. The molecule has 85 heavy (non-hydrogen) atoms. The van der Waals surface area contributed by atoms with Gasteiger partial charge >= 0.3 is 0 Å². The van der Waals surface area contributed by atoms with Crippen LogP contribution in [0.25, 0.3) is 11.1 Å². The average molecular weight is 1160 g/mol. The average Bonchev–Trinajstić information content (AvgIpc) is 3.67. The number of aryl methyl sites for hydroxylation is 2. The van der Waals surface area contributed by atoms with Crippen LogP contribution in [0, 0.1) is 17.8 Å². The van der Waals surface area contributed by atoms with Gasteiger partial charge in [-0.25, -0.2) is 0 Å². The van der Waals surface area contributed by atoms with Crippen LogP contribution in [0.3, 0.4) is 0 Å². The van der Waals surface area contributed by atoms with Gasteiger partial charge in [0, 0.05) is 99.7 Å². The molecular weight excluding hydrogens is 1090 g/mol. The zero-order valence-corrected chi connectivity index (χ0v) is 49.5. The van der Waals surface area contributed by atoms with E-state index < -0.39 is 23.9 Å². The number of anilines is 4. The largest absolute Gasteiger partial charge is 0.493 e. The summed E-state index contributed by atoms with van der Waals surface area (Å²) in [7, 11) is 4.97. The molecular formula is C63H77N11O11. The van der Waals surface area contributed by atoms with Crippen molar-refractivity contribution in [1.29, 1.82) is 0 Å². The van der Waals surface area contributed by atoms with E-state index in [1.807, 2.05) is 43.3 Å². The molecule has 450 valence electrons. The van der Waals surface area contributed by atoms with Crippen LogP contribution < -0.4 is 41.4 Å². The third-order valence-corrected chi connectivity index (χ3v) is 15.5. The van der Waals surface area contributed by atoms with Crippen molar-refractivity contribution < 1.29 is 52.6 Å². The number of benzene rings is 3. The summed E-state index contributed by atoms with van der Waals surface area (Å²) in [6.45, 7) is 10.2. The van der Waals surface area contributed by atoms with Crippen molar-refractivity contribution in [2.45, 2.75) is 117 Å². The van der Waals surface area contributed by atoms with E-state index in [0.29, 0.717) is 95.7 Å². The third-order valence-electron chi connectivity index (χ3n) is 15.5. The second kappa shape index (κ2) is 28.0. The van der Waals surface area contributed by atoms with Crippen molar-refractivity contribution in [3.05, 3.63) is 102 Å². The number of aliphatic imine (C=N–C) groups is 1. The van der Waals surface area contributed by atoms with Gasteiger partial charge in [-0.15, -0.1) is 0 Å². The Morgan fingerprint density at radius 3 is 1.96 bits per heavy atom. The van der Waals surface area contributed by atoms with E-state index in [1.165, 1.54) is 18.9 Å². The zero-order chi connectivity index (χ0) is 61.1. The standard InChI is InChI=1S/C63H77N11O11/c1-37(2)47-32-56(77)74(62(47)82)27-12-9-10-16-55(76)70-57(38(3)4)61(81)65-39(5)58(78)67-43-22-24-44(25-23-43)69-59(79)50-29-41(35-71(50)6)40-18-20-42(21-19-40)68-60(80)51-30-45(36-72(51)7)66-54(75)17-14-28-85-53-33-49-48(31-52(53)84-8)63(83)73-26-13-11-15-46(73)34-64-49/h18-25,29-31,33-39,46-47,57H,9-17,26-28,32H2,1-8H3,(H,65,81)(H,66,75)(H,67,78)(H,68,80)(H,69,79)(H,70,76)/t39-,46-,47?,57-/m0/s1. The highest BCUT2D eigenvalue weighted by atomic mass is 16.5. The first kappa shape index (κ1) is 62.0. The van der Waals surface area contributed by atoms with Crippen LogP contribution in [-0.2, 0) is 42.9 Å². The Balaban J connectivity index is 0.745. The maximum atomic E-state index is 13.5. The van der Waals surface area contributed by atoms with Crippen molar-refractivity contribution in [3.63, 3.8) is 0 Å². The number of aromatic nitrogens is 2. The van der Waals surface area contributed by atoms with Gasteiger partial charge in [-0.05, 0) is 117 Å². The lowest BCUT2D eigenvalue weighted by Gasteiger charge is -2.32. The summed E-state index contributed by atoms with van der Waals surface area (Å²) in [5.41, 5.74) is 5.13. The molecule has 2 fully saturated rings. The second-order valence-electron chi connectivity index (χ2n) is 22.6. The second-order valence-corrected chi connectivity index (χ2v) is 22.6. The number of fused-ring (bicyclic) bond motifs is 2. The van der Waals surface area contributed by atoms with E-state index in [1.54, 1.807) is 104 Å². The molecule has 3 aliphatic heterocycles. The molecule has 5 aromatic rings. The fourth-order valence-corrected chi connectivity index (χ4v) is 10.6. The van der Waals surface area contributed by atoms with Gasteiger partial charge in [-0.2, -0.15) is 0 Å². The lowest BCUT2D eigenvalue weighted by Crippen LogP contribution is -2.53. The quantitative estimate of drug-likeness (QED) is 0.0239. The van der Waals surface area contributed by atoms with E-state index in [2.05, 4.69) is 36.9 Å². The summed E-state index contributed by atoms with van der Waals surface area (Å²) in [5.74, 6) is -2.29. The fourth-order valence-electron chi connectivity index (χ4n) is 10.6. The molecule has 3 aromatic carbocycles. The number of rotatable bonds is 25. The number of likely N-dealkylation sites (tertiary alicyclic amines) is 1. The Hall–Kier alpha value is -9.08. The molecule has 0 spiro atoms. The van der Waals surface area contributed by atoms with Gasteiger partial charge in [0.25, 0.3) is 17.7 Å². The SMILES string of the molecule is COc1cc2c(cc1OCCCC(=O)Nc1cc(C(=O)Nc3ccc(-c4cc(C(=O)Nc5ccc(NC(=O)[C@H](C)NC(=O)[C@@H](NC(=O)CCCCCN6C(=O)CC(C(C)C)C6=O)C(C)C)cc5)n(C)c4)cc3)n(C)c1)N=C[C@@H]1CCCCN1C2=O. The lowest BCUT2D eigenvalue weighted by molar-refractivity contribution is -0.140. The van der Waals surface area contributed by atoms with Crippen LogP contribution >= 0.6 is 0 Å². The van der Waals surface area contributed by atoms with Crippen LogP contribution in [0.15, 0.2) is 90.2 Å². The summed E-state index contributed by atoms with van der Waals surface area (Å²) in [4.78, 5) is 125. The lowest BCUT2D eigenvalue weighted by atomic mass is 9.94. The monoisotopic (exact) mass is 1160 g/mol. The molecule has 2 saturated heterocycles. The molecule has 2 aromatic heterocycles. The fraction of sp³-hybridized carbons (Fsp3) is 0.429. The van der Waals surface area contributed by atoms with Gasteiger partial charge in [0.2, 0.25) is 35.4 Å². The Labute approximate surface area is 494 Å².